The Labute approximate surface area is 140 Å². The molecule has 3 rings (SSSR count). The molecule has 2 N–H and O–H groups in total. The highest BCUT2D eigenvalue weighted by Gasteiger charge is 2.12. The largest absolute Gasteiger partial charge is 0.486 e. The third-order valence-electron chi connectivity index (χ3n) is 3.70. The van der Waals surface area contributed by atoms with Gasteiger partial charge in [0.1, 0.15) is 13.2 Å². The molecule has 24 heavy (non-hydrogen) atoms. The number of nitrogens with zero attached hydrogens (tertiary/aromatic N) is 2. The molecule has 0 radical (unpaired) electrons. The molecule has 0 spiro atoms. The summed E-state index contributed by atoms with van der Waals surface area (Å²) in [6.07, 6.45) is 4.33. The summed E-state index contributed by atoms with van der Waals surface area (Å²) in [5, 5.41) is 9.89. The van der Waals surface area contributed by atoms with Crippen molar-refractivity contribution in [1.29, 1.82) is 0 Å². The summed E-state index contributed by atoms with van der Waals surface area (Å²) in [6.45, 7) is 4.31. The lowest BCUT2D eigenvalue weighted by Crippen LogP contribution is -2.43. The molecule has 1 aliphatic heterocycles. The first kappa shape index (κ1) is 16.2. The van der Waals surface area contributed by atoms with Crippen molar-refractivity contribution in [2.45, 2.75) is 25.9 Å². The van der Waals surface area contributed by atoms with Gasteiger partial charge in [0.2, 0.25) is 0 Å². The van der Waals surface area contributed by atoms with Crippen LogP contribution in [0.3, 0.4) is 0 Å². The third kappa shape index (κ3) is 4.41. The van der Waals surface area contributed by atoms with Crippen molar-refractivity contribution in [3.8, 4) is 11.5 Å². The maximum Gasteiger partial charge on any atom is 0.315 e. The Morgan fingerprint density at radius 3 is 2.96 bits per heavy atom. The molecule has 0 saturated heterocycles. The summed E-state index contributed by atoms with van der Waals surface area (Å²) in [6, 6.07) is 7.56. The predicted octanol–water partition coefficient (Wildman–Crippen LogP) is 1.58. The van der Waals surface area contributed by atoms with Crippen molar-refractivity contribution in [3.05, 3.63) is 42.2 Å². The van der Waals surface area contributed by atoms with Gasteiger partial charge < -0.3 is 20.1 Å². The van der Waals surface area contributed by atoms with Gasteiger partial charge in [-0.3, -0.25) is 4.68 Å². The van der Waals surface area contributed by atoms with Crippen LogP contribution in [-0.4, -0.2) is 41.6 Å². The Morgan fingerprint density at radius 2 is 2.17 bits per heavy atom. The molecule has 7 nitrogen and oxygen atoms in total. The van der Waals surface area contributed by atoms with Crippen LogP contribution in [-0.2, 0) is 13.0 Å². The van der Waals surface area contributed by atoms with E-state index in [-0.39, 0.29) is 12.1 Å². The van der Waals surface area contributed by atoms with Crippen molar-refractivity contribution in [2.75, 3.05) is 19.8 Å². The molecular weight excluding hydrogens is 308 g/mol. The minimum absolute atomic E-state index is 0.000747. The van der Waals surface area contributed by atoms with Gasteiger partial charge in [0.25, 0.3) is 0 Å². The zero-order valence-electron chi connectivity index (χ0n) is 13.7. The molecule has 128 valence electrons. The van der Waals surface area contributed by atoms with Gasteiger partial charge in [0, 0.05) is 25.0 Å². The Morgan fingerprint density at radius 1 is 1.33 bits per heavy atom. The number of nitrogens with one attached hydrogen (secondary N) is 2. The summed E-state index contributed by atoms with van der Waals surface area (Å²) in [7, 11) is 0. The number of amides is 2. The molecule has 2 aromatic rings. The van der Waals surface area contributed by atoms with E-state index >= 15 is 0 Å². The topological polar surface area (TPSA) is 77.4 Å². The first-order chi connectivity index (χ1) is 11.7. The molecule has 1 atom stereocenters. The highest BCUT2D eigenvalue weighted by molar-refractivity contribution is 5.74. The molecule has 0 aliphatic carbocycles. The summed E-state index contributed by atoms with van der Waals surface area (Å²) >= 11 is 0. The van der Waals surface area contributed by atoms with E-state index in [1.54, 1.807) is 10.9 Å². The normalized spacial score (nSPS) is 14.0. The van der Waals surface area contributed by atoms with Crippen LogP contribution in [0.5, 0.6) is 11.5 Å². The number of urea groups is 1. The maximum atomic E-state index is 11.9. The van der Waals surface area contributed by atoms with Crippen molar-refractivity contribution in [3.63, 3.8) is 0 Å². The van der Waals surface area contributed by atoms with Crippen LogP contribution >= 0.6 is 0 Å². The van der Waals surface area contributed by atoms with Crippen molar-refractivity contribution >= 4 is 6.03 Å². The number of aromatic nitrogens is 2. The van der Waals surface area contributed by atoms with Gasteiger partial charge in [-0.05, 0) is 37.1 Å². The first-order valence-electron chi connectivity index (χ1n) is 8.11. The number of hydrogen-bond donors (Lipinski definition) is 2. The summed E-state index contributed by atoms with van der Waals surface area (Å²) in [5.74, 6) is 1.55. The van der Waals surface area contributed by atoms with E-state index in [9.17, 15) is 4.79 Å². The fourth-order valence-corrected chi connectivity index (χ4v) is 2.57. The average molecular weight is 330 g/mol. The molecule has 2 amide bonds. The first-order valence-corrected chi connectivity index (χ1v) is 8.11. The lowest BCUT2D eigenvalue weighted by Gasteiger charge is -2.19. The molecule has 0 fully saturated rings. The molecule has 7 heteroatoms. The van der Waals surface area contributed by atoms with E-state index in [0.717, 1.165) is 23.5 Å². The summed E-state index contributed by atoms with van der Waals surface area (Å²) in [5.41, 5.74) is 1.10. The Balaban J connectivity index is 1.40. The standard InChI is InChI=1S/C17H22N4O3/c1-13(12-21-8-2-6-19-21)20-17(22)18-7-5-14-3-4-15-16(11-14)24-10-9-23-15/h2-4,6,8,11,13H,5,7,9-10,12H2,1H3,(H2,18,20,22)/t13-/m1/s1. The van der Waals surface area contributed by atoms with Gasteiger partial charge in [0.15, 0.2) is 11.5 Å². The summed E-state index contributed by atoms with van der Waals surface area (Å²) < 4.78 is 12.8. The second-order valence-electron chi connectivity index (χ2n) is 5.76. The minimum Gasteiger partial charge on any atom is -0.486 e. The van der Waals surface area contributed by atoms with E-state index in [1.807, 2.05) is 37.4 Å². The number of benzene rings is 1. The molecular formula is C17H22N4O3. The summed E-state index contributed by atoms with van der Waals surface area (Å²) in [4.78, 5) is 11.9. The Hall–Kier alpha value is -2.70. The smallest absolute Gasteiger partial charge is 0.315 e. The molecule has 0 saturated carbocycles. The molecule has 1 aliphatic rings. The van der Waals surface area contributed by atoms with Crippen LogP contribution in [0.4, 0.5) is 4.79 Å². The average Bonchev–Trinajstić information content (AvgIpc) is 3.07. The van der Waals surface area contributed by atoms with Gasteiger partial charge in [-0.15, -0.1) is 0 Å². The second-order valence-corrected chi connectivity index (χ2v) is 5.76. The van der Waals surface area contributed by atoms with Gasteiger partial charge in [-0.1, -0.05) is 6.07 Å². The second kappa shape index (κ2) is 7.72. The van der Waals surface area contributed by atoms with Crippen LogP contribution in [0.25, 0.3) is 0 Å². The van der Waals surface area contributed by atoms with Gasteiger partial charge in [-0.2, -0.15) is 5.10 Å². The van der Waals surface area contributed by atoms with Gasteiger partial charge in [0.05, 0.1) is 6.54 Å². The van der Waals surface area contributed by atoms with Gasteiger partial charge >= 0.3 is 6.03 Å². The van der Waals surface area contributed by atoms with Crippen LogP contribution in [0.15, 0.2) is 36.7 Å². The van der Waals surface area contributed by atoms with Crippen molar-refractivity contribution in [2.24, 2.45) is 0 Å². The lowest BCUT2D eigenvalue weighted by atomic mass is 10.1. The SMILES string of the molecule is C[C@H](Cn1cccn1)NC(=O)NCCc1ccc2c(c1)OCCO2. The molecule has 1 aromatic carbocycles. The predicted molar refractivity (Wildman–Crippen MR) is 89.4 cm³/mol. The number of carbonyl (C=O) groups excluding carboxylic acids is 1. The van der Waals surface area contributed by atoms with Crippen LogP contribution < -0.4 is 20.1 Å². The van der Waals surface area contributed by atoms with Crippen LogP contribution in [0.1, 0.15) is 12.5 Å². The molecule has 2 heterocycles. The molecule has 1 aromatic heterocycles. The van der Waals surface area contributed by atoms with Gasteiger partial charge in [-0.25, -0.2) is 4.79 Å². The van der Waals surface area contributed by atoms with E-state index < -0.39 is 0 Å². The molecule has 0 unspecified atom stereocenters. The van der Waals surface area contributed by atoms with Crippen molar-refractivity contribution in [1.82, 2.24) is 20.4 Å². The van der Waals surface area contributed by atoms with E-state index in [1.165, 1.54) is 0 Å². The third-order valence-corrected chi connectivity index (χ3v) is 3.70. The number of fused-ring (bicyclic) bond motifs is 1. The van der Waals surface area contributed by atoms with Crippen molar-refractivity contribution < 1.29 is 14.3 Å². The fraction of sp³-hybridized carbons (Fsp3) is 0.412. The zero-order chi connectivity index (χ0) is 16.8. The van der Waals surface area contributed by atoms with Crippen LogP contribution in [0.2, 0.25) is 0 Å². The van der Waals surface area contributed by atoms with E-state index in [0.29, 0.717) is 26.3 Å². The zero-order valence-corrected chi connectivity index (χ0v) is 13.7. The maximum absolute atomic E-state index is 11.9. The highest BCUT2D eigenvalue weighted by Crippen LogP contribution is 2.30. The Kier molecular flexibility index (Phi) is 5.20. The monoisotopic (exact) mass is 330 g/mol. The molecule has 0 bridgehead atoms. The number of carbonyl (C=O) groups is 1. The number of hydrogen-bond acceptors (Lipinski definition) is 4. The highest BCUT2D eigenvalue weighted by atomic mass is 16.6. The van der Waals surface area contributed by atoms with E-state index in [2.05, 4.69) is 15.7 Å². The number of ether oxygens (including phenoxy) is 2. The fourth-order valence-electron chi connectivity index (χ4n) is 2.57. The number of rotatable bonds is 6. The minimum atomic E-state index is -0.174. The lowest BCUT2D eigenvalue weighted by molar-refractivity contribution is 0.171. The van der Waals surface area contributed by atoms with E-state index in [4.69, 9.17) is 9.47 Å². The Bertz CT molecular complexity index is 672. The van der Waals surface area contributed by atoms with Crippen LogP contribution in [0, 0.1) is 0 Å². The quantitative estimate of drug-likeness (QED) is 0.843.